The SMILES string of the molecule is O=CCCCOc1ccc(C2CCC(=O)NC2=O)cc1. The minimum absolute atomic E-state index is 0.207. The van der Waals surface area contributed by atoms with E-state index >= 15 is 0 Å². The van der Waals surface area contributed by atoms with Crippen LogP contribution in [0.5, 0.6) is 5.75 Å². The summed E-state index contributed by atoms with van der Waals surface area (Å²) in [6, 6.07) is 7.30. The third-order valence-corrected chi connectivity index (χ3v) is 3.26. The Morgan fingerprint density at radius 1 is 1.25 bits per heavy atom. The van der Waals surface area contributed by atoms with Gasteiger partial charge in [0.1, 0.15) is 12.0 Å². The van der Waals surface area contributed by atoms with Crippen LogP contribution in [0.2, 0.25) is 0 Å². The Hall–Kier alpha value is -2.17. The van der Waals surface area contributed by atoms with Crippen molar-refractivity contribution in [3.05, 3.63) is 29.8 Å². The minimum atomic E-state index is -0.267. The van der Waals surface area contributed by atoms with Gasteiger partial charge < -0.3 is 9.53 Å². The number of imide groups is 1. The third kappa shape index (κ3) is 3.66. The Balaban J connectivity index is 1.92. The molecule has 1 N–H and O–H groups in total. The number of nitrogens with one attached hydrogen (secondary N) is 1. The summed E-state index contributed by atoms with van der Waals surface area (Å²) in [7, 11) is 0. The number of aldehydes is 1. The molecular formula is C15H17NO4. The average molecular weight is 275 g/mol. The van der Waals surface area contributed by atoms with Gasteiger partial charge in [0.25, 0.3) is 0 Å². The molecule has 20 heavy (non-hydrogen) atoms. The van der Waals surface area contributed by atoms with Gasteiger partial charge in [0.2, 0.25) is 11.8 Å². The molecule has 0 spiro atoms. The van der Waals surface area contributed by atoms with Gasteiger partial charge in [-0.05, 0) is 30.5 Å². The van der Waals surface area contributed by atoms with Crippen molar-refractivity contribution in [1.82, 2.24) is 5.32 Å². The lowest BCUT2D eigenvalue weighted by atomic mass is 9.90. The lowest BCUT2D eigenvalue weighted by Crippen LogP contribution is -2.39. The summed E-state index contributed by atoms with van der Waals surface area (Å²) in [5.41, 5.74) is 0.884. The molecular weight excluding hydrogens is 258 g/mol. The zero-order chi connectivity index (χ0) is 14.4. The van der Waals surface area contributed by atoms with Gasteiger partial charge in [0.05, 0.1) is 12.5 Å². The molecule has 5 nitrogen and oxygen atoms in total. The van der Waals surface area contributed by atoms with Crippen molar-refractivity contribution in [3.8, 4) is 5.75 Å². The summed E-state index contributed by atoms with van der Waals surface area (Å²) in [6.07, 6.45) is 2.98. The highest BCUT2D eigenvalue weighted by Gasteiger charge is 2.27. The first-order valence-corrected chi connectivity index (χ1v) is 6.71. The lowest BCUT2D eigenvalue weighted by molar-refractivity contribution is -0.134. The monoisotopic (exact) mass is 275 g/mol. The standard InChI is InChI=1S/C15H17NO4/c17-9-1-2-10-20-12-5-3-11(4-6-12)13-7-8-14(18)16-15(13)19/h3-6,9,13H,1-2,7-8,10H2,(H,16,18,19). The molecule has 1 aromatic rings. The molecule has 1 atom stereocenters. The molecule has 1 fully saturated rings. The van der Waals surface area contributed by atoms with E-state index in [-0.39, 0.29) is 17.7 Å². The van der Waals surface area contributed by atoms with E-state index in [1.165, 1.54) is 0 Å². The van der Waals surface area contributed by atoms with Gasteiger partial charge in [0.15, 0.2) is 0 Å². The van der Waals surface area contributed by atoms with Gasteiger partial charge in [0, 0.05) is 12.8 Å². The van der Waals surface area contributed by atoms with Crippen molar-refractivity contribution in [2.24, 2.45) is 0 Å². The van der Waals surface area contributed by atoms with Gasteiger partial charge in [-0.1, -0.05) is 12.1 Å². The van der Waals surface area contributed by atoms with Crippen molar-refractivity contribution >= 4 is 18.1 Å². The predicted molar refractivity (Wildman–Crippen MR) is 72.4 cm³/mol. The fourth-order valence-corrected chi connectivity index (χ4v) is 2.16. The van der Waals surface area contributed by atoms with Crippen molar-refractivity contribution in [3.63, 3.8) is 0 Å². The molecule has 106 valence electrons. The van der Waals surface area contributed by atoms with E-state index in [4.69, 9.17) is 4.74 Å². The highest BCUT2D eigenvalue weighted by atomic mass is 16.5. The van der Waals surface area contributed by atoms with Crippen LogP contribution >= 0.6 is 0 Å². The zero-order valence-electron chi connectivity index (χ0n) is 11.1. The summed E-state index contributed by atoms with van der Waals surface area (Å²) in [5.74, 6) is 0.00559. The van der Waals surface area contributed by atoms with E-state index in [1.807, 2.05) is 12.1 Å². The van der Waals surface area contributed by atoms with Crippen LogP contribution in [0.25, 0.3) is 0 Å². The van der Waals surface area contributed by atoms with Gasteiger partial charge in [-0.25, -0.2) is 0 Å². The number of piperidine rings is 1. The van der Waals surface area contributed by atoms with Crippen LogP contribution in [0.4, 0.5) is 0 Å². The maximum Gasteiger partial charge on any atom is 0.234 e. The molecule has 0 aliphatic carbocycles. The predicted octanol–water partition coefficient (Wildman–Crippen LogP) is 1.56. The van der Waals surface area contributed by atoms with Crippen molar-refractivity contribution < 1.29 is 19.1 Å². The van der Waals surface area contributed by atoms with Gasteiger partial charge in [-0.15, -0.1) is 0 Å². The molecule has 5 heteroatoms. The third-order valence-electron chi connectivity index (χ3n) is 3.26. The van der Waals surface area contributed by atoms with E-state index in [0.29, 0.717) is 38.0 Å². The molecule has 0 radical (unpaired) electrons. The van der Waals surface area contributed by atoms with E-state index in [9.17, 15) is 14.4 Å². The van der Waals surface area contributed by atoms with E-state index in [2.05, 4.69) is 5.32 Å². The van der Waals surface area contributed by atoms with Crippen LogP contribution < -0.4 is 10.1 Å². The van der Waals surface area contributed by atoms with Gasteiger partial charge >= 0.3 is 0 Å². The normalized spacial score (nSPS) is 18.5. The Bertz CT molecular complexity index is 495. The molecule has 2 rings (SSSR count). The Morgan fingerprint density at radius 3 is 2.65 bits per heavy atom. The van der Waals surface area contributed by atoms with Gasteiger partial charge in [-0.3, -0.25) is 14.9 Å². The van der Waals surface area contributed by atoms with Crippen molar-refractivity contribution in [2.75, 3.05) is 6.61 Å². The van der Waals surface area contributed by atoms with Crippen molar-refractivity contribution in [1.29, 1.82) is 0 Å². The Labute approximate surface area is 117 Å². The van der Waals surface area contributed by atoms with Crippen LogP contribution in [0, 0.1) is 0 Å². The lowest BCUT2D eigenvalue weighted by Gasteiger charge is -2.21. The number of unbranched alkanes of at least 4 members (excludes halogenated alkanes) is 1. The van der Waals surface area contributed by atoms with Crippen LogP contribution in [0.15, 0.2) is 24.3 Å². The summed E-state index contributed by atoms with van der Waals surface area (Å²) in [6.45, 7) is 0.497. The first-order valence-electron chi connectivity index (χ1n) is 6.71. The fourth-order valence-electron chi connectivity index (χ4n) is 2.16. The number of hydrogen-bond donors (Lipinski definition) is 1. The second-order valence-electron chi connectivity index (χ2n) is 4.73. The molecule has 0 aromatic heterocycles. The highest BCUT2D eigenvalue weighted by molar-refractivity contribution is 6.00. The highest BCUT2D eigenvalue weighted by Crippen LogP contribution is 2.26. The quantitative estimate of drug-likeness (QED) is 0.486. The molecule has 1 heterocycles. The second-order valence-corrected chi connectivity index (χ2v) is 4.73. The number of amides is 2. The molecule has 1 aliphatic rings. The number of carbonyl (C=O) groups is 3. The number of hydrogen-bond acceptors (Lipinski definition) is 4. The summed E-state index contributed by atoms with van der Waals surface area (Å²) in [4.78, 5) is 33.0. The fraction of sp³-hybridized carbons (Fsp3) is 0.400. The molecule has 0 saturated carbocycles. The summed E-state index contributed by atoms with van der Waals surface area (Å²) in [5, 5.41) is 2.35. The maximum atomic E-state index is 11.7. The first-order chi connectivity index (χ1) is 9.70. The molecule has 1 aliphatic heterocycles. The number of benzene rings is 1. The Kier molecular flexibility index (Phi) is 4.87. The number of rotatable bonds is 6. The van der Waals surface area contributed by atoms with Crippen LogP contribution in [-0.2, 0) is 14.4 Å². The molecule has 0 bridgehead atoms. The van der Waals surface area contributed by atoms with E-state index in [0.717, 1.165) is 11.8 Å². The summed E-state index contributed by atoms with van der Waals surface area (Å²) < 4.78 is 5.48. The number of ether oxygens (including phenoxy) is 1. The molecule has 1 saturated heterocycles. The van der Waals surface area contributed by atoms with Crippen molar-refractivity contribution in [2.45, 2.75) is 31.6 Å². The molecule has 1 unspecified atom stereocenters. The minimum Gasteiger partial charge on any atom is -0.494 e. The molecule has 1 aromatic carbocycles. The second kappa shape index (κ2) is 6.84. The maximum absolute atomic E-state index is 11.7. The Morgan fingerprint density at radius 2 is 2.00 bits per heavy atom. The topological polar surface area (TPSA) is 72.5 Å². The van der Waals surface area contributed by atoms with E-state index < -0.39 is 0 Å². The average Bonchev–Trinajstić information content (AvgIpc) is 2.45. The first kappa shape index (κ1) is 14.2. The molecule has 2 amide bonds. The van der Waals surface area contributed by atoms with Gasteiger partial charge in [-0.2, -0.15) is 0 Å². The summed E-state index contributed by atoms with van der Waals surface area (Å²) >= 11 is 0. The van der Waals surface area contributed by atoms with Crippen LogP contribution in [0.3, 0.4) is 0 Å². The number of carbonyl (C=O) groups excluding carboxylic acids is 3. The van der Waals surface area contributed by atoms with Crippen LogP contribution in [-0.4, -0.2) is 24.7 Å². The van der Waals surface area contributed by atoms with Crippen LogP contribution in [0.1, 0.15) is 37.2 Å². The van der Waals surface area contributed by atoms with E-state index in [1.54, 1.807) is 12.1 Å². The largest absolute Gasteiger partial charge is 0.494 e. The smallest absolute Gasteiger partial charge is 0.234 e. The zero-order valence-corrected chi connectivity index (χ0v) is 11.1.